The Bertz CT molecular complexity index is 763. The Labute approximate surface area is 133 Å². The van der Waals surface area contributed by atoms with Crippen molar-refractivity contribution < 1.29 is 0 Å². The number of benzene rings is 1. The number of fused-ring (bicyclic) bond motifs is 1. The molecule has 0 spiro atoms. The highest BCUT2D eigenvalue weighted by Crippen LogP contribution is 2.31. The molecular formula is C17H18N4S. The number of thiophene rings is 1. The van der Waals surface area contributed by atoms with E-state index in [2.05, 4.69) is 33.8 Å². The lowest BCUT2D eigenvalue weighted by Crippen LogP contribution is -2.31. The standard InChI is InChI=1S/C17H18N4S/c1-3-7-13(8-4-1)18-16-15-14(9-12-22-15)19-17(20-16)21-10-5-2-6-11-21/h1,3-4,7-9,12H,2,5-6,10-11H2,(H,18,19,20). The molecule has 0 aliphatic carbocycles. The lowest BCUT2D eigenvalue weighted by atomic mass is 10.1. The largest absolute Gasteiger partial charge is 0.341 e. The van der Waals surface area contributed by atoms with Crippen molar-refractivity contribution in [3.63, 3.8) is 0 Å². The minimum atomic E-state index is 0.851. The topological polar surface area (TPSA) is 41.1 Å². The molecule has 4 nitrogen and oxygen atoms in total. The molecule has 22 heavy (non-hydrogen) atoms. The lowest BCUT2D eigenvalue weighted by molar-refractivity contribution is 0.569. The summed E-state index contributed by atoms with van der Waals surface area (Å²) in [4.78, 5) is 11.9. The van der Waals surface area contributed by atoms with Gasteiger partial charge in [0.1, 0.15) is 0 Å². The molecule has 3 heterocycles. The van der Waals surface area contributed by atoms with Crippen molar-refractivity contribution >= 4 is 39.0 Å². The molecular weight excluding hydrogens is 292 g/mol. The minimum Gasteiger partial charge on any atom is -0.341 e. The predicted octanol–water partition coefficient (Wildman–Crippen LogP) is 4.43. The Hall–Kier alpha value is -2.14. The van der Waals surface area contributed by atoms with Gasteiger partial charge in [-0.2, -0.15) is 4.98 Å². The van der Waals surface area contributed by atoms with Crippen LogP contribution in [0, 0.1) is 0 Å². The molecule has 1 aliphatic heterocycles. The zero-order valence-corrected chi connectivity index (χ0v) is 13.1. The van der Waals surface area contributed by atoms with E-state index in [1.54, 1.807) is 11.3 Å². The summed E-state index contributed by atoms with van der Waals surface area (Å²) in [7, 11) is 0. The van der Waals surface area contributed by atoms with E-state index in [9.17, 15) is 0 Å². The van der Waals surface area contributed by atoms with Crippen LogP contribution in [0.5, 0.6) is 0 Å². The number of nitrogens with one attached hydrogen (secondary N) is 1. The Balaban J connectivity index is 1.73. The fourth-order valence-corrected chi connectivity index (χ4v) is 3.61. The molecule has 5 heteroatoms. The summed E-state index contributed by atoms with van der Waals surface area (Å²) in [5.41, 5.74) is 2.08. The summed E-state index contributed by atoms with van der Waals surface area (Å²) in [6.07, 6.45) is 3.77. The molecule has 1 aliphatic rings. The summed E-state index contributed by atoms with van der Waals surface area (Å²) in [5, 5.41) is 5.52. The van der Waals surface area contributed by atoms with Gasteiger partial charge >= 0.3 is 0 Å². The lowest BCUT2D eigenvalue weighted by Gasteiger charge is -2.27. The number of nitrogens with zero attached hydrogens (tertiary/aromatic N) is 3. The SMILES string of the molecule is c1ccc(Nc2nc(N3CCCCC3)nc3ccsc23)cc1. The molecule has 0 atom stereocenters. The van der Waals surface area contributed by atoms with Crippen molar-refractivity contribution in [3.05, 3.63) is 41.8 Å². The molecule has 4 rings (SSSR count). The number of hydrogen-bond acceptors (Lipinski definition) is 5. The third-order valence-electron chi connectivity index (χ3n) is 3.97. The van der Waals surface area contributed by atoms with Gasteiger partial charge in [0.25, 0.3) is 0 Å². The van der Waals surface area contributed by atoms with Gasteiger partial charge in [-0.3, -0.25) is 0 Å². The van der Waals surface area contributed by atoms with Gasteiger partial charge in [0, 0.05) is 18.8 Å². The van der Waals surface area contributed by atoms with Gasteiger partial charge in [0.2, 0.25) is 5.95 Å². The van der Waals surface area contributed by atoms with E-state index in [0.29, 0.717) is 0 Å². The van der Waals surface area contributed by atoms with Crippen molar-refractivity contribution in [2.75, 3.05) is 23.3 Å². The number of aromatic nitrogens is 2. The van der Waals surface area contributed by atoms with Gasteiger partial charge in [-0.1, -0.05) is 18.2 Å². The van der Waals surface area contributed by atoms with Crippen molar-refractivity contribution in [1.82, 2.24) is 9.97 Å². The zero-order chi connectivity index (χ0) is 14.8. The minimum absolute atomic E-state index is 0.851. The molecule has 112 valence electrons. The second kappa shape index (κ2) is 5.93. The molecule has 0 saturated carbocycles. The fraction of sp³-hybridized carbons (Fsp3) is 0.294. The Morgan fingerprint density at radius 3 is 2.59 bits per heavy atom. The molecule has 1 N–H and O–H groups in total. The van der Waals surface area contributed by atoms with E-state index in [1.165, 1.54) is 19.3 Å². The van der Waals surface area contributed by atoms with Gasteiger partial charge in [-0.05, 0) is 42.8 Å². The van der Waals surface area contributed by atoms with Crippen LogP contribution in [-0.4, -0.2) is 23.1 Å². The predicted molar refractivity (Wildman–Crippen MR) is 93.2 cm³/mol. The smallest absolute Gasteiger partial charge is 0.227 e. The van der Waals surface area contributed by atoms with Crippen LogP contribution in [-0.2, 0) is 0 Å². The quantitative estimate of drug-likeness (QED) is 0.777. The monoisotopic (exact) mass is 310 g/mol. The van der Waals surface area contributed by atoms with E-state index < -0.39 is 0 Å². The van der Waals surface area contributed by atoms with Crippen LogP contribution < -0.4 is 10.2 Å². The first-order valence-electron chi connectivity index (χ1n) is 7.72. The molecule has 1 fully saturated rings. The maximum Gasteiger partial charge on any atom is 0.227 e. The first-order chi connectivity index (χ1) is 10.9. The number of piperidine rings is 1. The first kappa shape index (κ1) is 13.5. The molecule has 0 amide bonds. The summed E-state index contributed by atoms with van der Waals surface area (Å²) < 4.78 is 1.12. The maximum absolute atomic E-state index is 4.81. The third kappa shape index (κ3) is 2.64. The summed E-state index contributed by atoms with van der Waals surface area (Å²) in [6.45, 7) is 2.11. The molecule has 1 saturated heterocycles. The second-order valence-electron chi connectivity index (χ2n) is 5.55. The Morgan fingerprint density at radius 1 is 0.955 bits per heavy atom. The highest BCUT2D eigenvalue weighted by Gasteiger charge is 2.16. The number of para-hydroxylation sites is 1. The van der Waals surface area contributed by atoms with Crippen molar-refractivity contribution in [1.29, 1.82) is 0 Å². The normalized spacial score (nSPS) is 15.2. The Kier molecular flexibility index (Phi) is 3.64. The van der Waals surface area contributed by atoms with E-state index in [4.69, 9.17) is 9.97 Å². The van der Waals surface area contributed by atoms with Crippen LogP contribution >= 0.6 is 11.3 Å². The third-order valence-corrected chi connectivity index (χ3v) is 4.88. The van der Waals surface area contributed by atoms with E-state index in [-0.39, 0.29) is 0 Å². The van der Waals surface area contributed by atoms with Crippen molar-refractivity contribution in [3.8, 4) is 0 Å². The first-order valence-corrected chi connectivity index (χ1v) is 8.60. The van der Waals surface area contributed by atoms with Crippen LogP contribution in [0.25, 0.3) is 10.2 Å². The van der Waals surface area contributed by atoms with Gasteiger partial charge < -0.3 is 10.2 Å². The van der Waals surface area contributed by atoms with Gasteiger partial charge in [0.15, 0.2) is 5.82 Å². The number of anilines is 3. The van der Waals surface area contributed by atoms with Gasteiger partial charge in [-0.15, -0.1) is 11.3 Å². The van der Waals surface area contributed by atoms with E-state index in [0.717, 1.165) is 40.8 Å². The summed E-state index contributed by atoms with van der Waals surface area (Å²) >= 11 is 1.68. The Morgan fingerprint density at radius 2 is 1.77 bits per heavy atom. The highest BCUT2D eigenvalue weighted by atomic mass is 32.1. The van der Waals surface area contributed by atoms with E-state index >= 15 is 0 Å². The van der Waals surface area contributed by atoms with E-state index in [1.807, 2.05) is 18.2 Å². The number of rotatable bonds is 3. The second-order valence-corrected chi connectivity index (χ2v) is 6.46. The van der Waals surface area contributed by atoms with Crippen molar-refractivity contribution in [2.24, 2.45) is 0 Å². The van der Waals surface area contributed by atoms with Gasteiger partial charge in [0.05, 0.1) is 10.2 Å². The maximum atomic E-state index is 4.81. The molecule has 0 bridgehead atoms. The average Bonchev–Trinajstić information content (AvgIpc) is 3.05. The molecule has 2 aromatic heterocycles. The van der Waals surface area contributed by atoms with Crippen LogP contribution in [0.15, 0.2) is 41.8 Å². The molecule has 0 unspecified atom stereocenters. The van der Waals surface area contributed by atoms with Gasteiger partial charge in [-0.25, -0.2) is 4.98 Å². The van der Waals surface area contributed by atoms with Crippen LogP contribution in [0.3, 0.4) is 0 Å². The summed E-state index contributed by atoms with van der Waals surface area (Å²) in [5.74, 6) is 1.76. The summed E-state index contributed by atoms with van der Waals surface area (Å²) in [6, 6.07) is 12.3. The molecule has 1 aromatic carbocycles. The zero-order valence-electron chi connectivity index (χ0n) is 12.3. The van der Waals surface area contributed by atoms with Crippen molar-refractivity contribution in [2.45, 2.75) is 19.3 Å². The number of hydrogen-bond donors (Lipinski definition) is 1. The fourth-order valence-electron chi connectivity index (χ4n) is 2.83. The van der Waals surface area contributed by atoms with Crippen LogP contribution in [0.1, 0.15) is 19.3 Å². The average molecular weight is 310 g/mol. The van der Waals surface area contributed by atoms with Crippen LogP contribution in [0.4, 0.5) is 17.5 Å². The highest BCUT2D eigenvalue weighted by molar-refractivity contribution is 7.17. The molecule has 3 aromatic rings. The van der Waals surface area contributed by atoms with Crippen LogP contribution in [0.2, 0.25) is 0 Å². The molecule has 0 radical (unpaired) electrons.